The van der Waals surface area contributed by atoms with E-state index in [0.29, 0.717) is 13.1 Å². The van der Waals surface area contributed by atoms with Gasteiger partial charge in [-0.15, -0.1) is 0 Å². The van der Waals surface area contributed by atoms with Gasteiger partial charge in [0.15, 0.2) is 6.61 Å². The standard InChI is InChI=1S/C21H33N3O6S/c1-7-23(14-18(25)22-21(4,5)6)19(26)15-30-20(27)16-11-10-12-17(13-16)31(28,29)24(8-2)9-3/h10-13H,7-9,14-15H2,1-6H3,(H,22,25). The van der Waals surface area contributed by atoms with Crippen molar-refractivity contribution in [2.45, 2.75) is 52.0 Å². The number of nitrogens with one attached hydrogen (secondary N) is 1. The highest BCUT2D eigenvalue weighted by Crippen LogP contribution is 2.17. The molecule has 0 aromatic heterocycles. The Morgan fingerprint density at radius 3 is 2.16 bits per heavy atom. The second-order valence-electron chi connectivity index (χ2n) is 7.90. The molecule has 0 aliphatic carbocycles. The molecule has 2 amide bonds. The third kappa shape index (κ3) is 7.95. The van der Waals surface area contributed by atoms with E-state index in [1.54, 1.807) is 20.8 Å². The van der Waals surface area contributed by atoms with E-state index in [4.69, 9.17) is 4.74 Å². The molecule has 1 N–H and O–H groups in total. The molecule has 0 radical (unpaired) electrons. The van der Waals surface area contributed by atoms with Crippen molar-refractivity contribution in [2.24, 2.45) is 0 Å². The first-order valence-electron chi connectivity index (χ1n) is 10.2. The van der Waals surface area contributed by atoms with Crippen molar-refractivity contribution in [3.05, 3.63) is 29.8 Å². The lowest BCUT2D eigenvalue weighted by molar-refractivity contribution is -0.138. The van der Waals surface area contributed by atoms with Crippen molar-refractivity contribution in [1.82, 2.24) is 14.5 Å². The van der Waals surface area contributed by atoms with E-state index < -0.39 is 34.0 Å². The second-order valence-corrected chi connectivity index (χ2v) is 9.84. The van der Waals surface area contributed by atoms with Gasteiger partial charge in [0, 0.05) is 25.2 Å². The number of rotatable bonds is 10. The van der Waals surface area contributed by atoms with Gasteiger partial charge in [0.2, 0.25) is 15.9 Å². The number of carbonyl (C=O) groups excluding carboxylic acids is 3. The van der Waals surface area contributed by atoms with Crippen LogP contribution in [0.3, 0.4) is 0 Å². The minimum absolute atomic E-state index is 0.0222. The summed E-state index contributed by atoms with van der Waals surface area (Å²) < 4.78 is 31.6. The van der Waals surface area contributed by atoms with Crippen LogP contribution in [0, 0.1) is 0 Å². The number of likely N-dealkylation sites (N-methyl/N-ethyl adjacent to an activating group) is 1. The van der Waals surface area contributed by atoms with Crippen molar-refractivity contribution in [3.63, 3.8) is 0 Å². The van der Waals surface area contributed by atoms with E-state index >= 15 is 0 Å². The third-order valence-corrected chi connectivity index (χ3v) is 6.37. The molecule has 0 atom stereocenters. The number of benzene rings is 1. The van der Waals surface area contributed by atoms with Gasteiger partial charge in [-0.05, 0) is 45.9 Å². The van der Waals surface area contributed by atoms with Crippen LogP contribution in [-0.2, 0) is 24.3 Å². The Morgan fingerprint density at radius 1 is 1.03 bits per heavy atom. The molecule has 31 heavy (non-hydrogen) atoms. The minimum atomic E-state index is -3.73. The van der Waals surface area contributed by atoms with Crippen LogP contribution >= 0.6 is 0 Å². The molecule has 0 aliphatic rings. The zero-order chi connectivity index (χ0) is 23.8. The van der Waals surface area contributed by atoms with E-state index in [2.05, 4.69) is 5.32 Å². The van der Waals surface area contributed by atoms with Crippen LogP contribution in [0.2, 0.25) is 0 Å². The topological polar surface area (TPSA) is 113 Å². The predicted octanol–water partition coefficient (Wildman–Crippen LogP) is 1.64. The van der Waals surface area contributed by atoms with Crippen LogP contribution in [0.25, 0.3) is 0 Å². The molecule has 0 unspecified atom stereocenters. The Labute approximate surface area is 184 Å². The summed E-state index contributed by atoms with van der Waals surface area (Å²) in [5, 5.41) is 2.77. The molecule has 174 valence electrons. The number of hydrogen-bond donors (Lipinski definition) is 1. The highest BCUT2D eigenvalue weighted by molar-refractivity contribution is 7.89. The highest BCUT2D eigenvalue weighted by atomic mass is 32.2. The van der Waals surface area contributed by atoms with Gasteiger partial charge in [0.1, 0.15) is 0 Å². The first kappa shape index (κ1) is 26.6. The summed E-state index contributed by atoms with van der Waals surface area (Å²) in [5.41, 5.74) is -0.405. The average molecular weight is 456 g/mol. The lowest BCUT2D eigenvalue weighted by Crippen LogP contribution is -2.48. The van der Waals surface area contributed by atoms with Crippen LogP contribution in [-0.4, -0.2) is 73.7 Å². The van der Waals surface area contributed by atoms with Gasteiger partial charge in [-0.2, -0.15) is 4.31 Å². The quantitative estimate of drug-likeness (QED) is 0.537. The number of sulfonamides is 1. The summed E-state index contributed by atoms with van der Waals surface area (Å²) >= 11 is 0. The van der Waals surface area contributed by atoms with Gasteiger partial charge < -0.3 is 15.0 Å². The molecule has 0 spiro atoms. The molecule has 10 heteroatoms. The van der Waals surface area contributed by atoms with Crippen LogP contribution in [0.4, 0.5) is 0 Å². The summed E-state index contributed by atoms with van der Waals surface area (Å²) in [6, 6.07) is 5.50. The Bertz CT molecular complexity index is 889. The zero-order valence-electron chi connectivity index (χ0n) is 19.1. The molecule has 0 saturated heterocycles. The summed E-state index contributed by atoms with van der Waals surface area (Å²) in [7, 11) is -3.73. The third-order valence-electron chi connectivity index (χ3n) is 4.32. The minimum Gasteiger partial charge on any atom is -0.452 e. The summed E-state index contributed by atoms with van der Waals surface area (Å²) in [4.78, 5) is 38.1. The lowest BCUT2D eigenvalue weighted by Gasteiger charge is -2.25. The normalized spacial score (nSPS) is 11.8. The molecular weight excluding hydrogens is 422 g/mol. The van der Waals surface area contributed by atoms with Crippen molar-refractivity contribution < 1.29 is 27.5 Å². The van der Waals surface area contributed by atoms with Gasteiger partial charge in [-0.25, -0.2) is 13.2 Å². The van der Waals surface area contributed by atoms with Crippen LogP contribution in [0.15, 0.2) is 29.2 Å². The fourth-order valence-corrected chi connectivity index (χ4v) is 4.31. The Balaban J connectivity index is 2.82. The molecule has 1 rings (SSSR count). The lowest BCUT2D eigenvalue weighted by atomic mass is 10.1. The first-order chi connectivity index (χ1) is 14.3. The maximum absolute atomic E-state index is 12.6. The van der Waals surface area contributed by atoms with E-state index in [1.807, 2.05) is 20.8 Å². The predicted molar refractivity (Wildman–Crippen MR) is 117 cm³/mol. The van der Waals surface area contributed by atoms with Gasteiger partial charge in [0.25, 0.3) is 5.91 Å². The Hall–Kier alpha value is -2.46. The SMILES string of the molecule is CCN(CC(=O)NC(C)(C)C)C(=O)COC(=O)c1cccc(S(=O)(=O)N(CC)CC)c1. The summed E-state index contributed by atoms with van der Waals surface area (Å²) in [5.74, 6) is -1.66. The first-order valence-corrected chi connectivity index (χ1v) is 11.7. The number of ether oxygens (including phenoxy) is 1. The maximum atomic E-state index is 12.6. The summed E-state index contributed by atoms with van der Waals surface area (Å²) in [6.45, 7) is 10.8. The Kier molecular flexibility index (Phi) is 9.64. The van der Waals surface area contributed by atoms with Crippen molar-refractivity contribution in [3.8, 4) is 0 Å². The molecule has 1 aromatic rings. The maximum Gasteiger partial charge on any atom is 0.338 e. The fraction of sp³-hybridized carbons (Fsp3) is 0.571. The molecule has 0 bridgehead atoms. The molecule has 1 aromatic carbocycles. The number of esters is 1. The van der Waals surface area contributed by atoms with Crippen LogP contribution < -0.4 is 5.32 Å². The van der Waals surface area contributed by atoms with Crippen molar-refractivity contribution in [2.75, 3.05) is 32.8 Å². The number of hydrogen-bond acceptors (Lipinski definition) is 6. The fourth-order valence-electron chi connectivity index (χ4n) is 2.81. The molecule has 0 saturated carbocycles. The zero-order valence-corrected chi connectivity index (χ0v) is 19.9. The average Bonchev–Trinajstić information content (AvgIpc) is 2.69. The molecule has 0 heterocycles. The summed E-state index contributed by atoms with van der Waals surface area (Å²) in [6.07, 6.45) is 0. The van der Waals surface area contributed by atoms with Gasteiger partial charge >= 0.3 is 5.97 Å². The van der Waals surface area contributed by atoms with Gasteiger partial charge in [0.05, 0.1) is 17.0 Å². The largest absolute Gasteiger partial charge is 0.452 e. The smallest absolute Gasteiger partial charge is 0.338 e. The number of amides is 2. The van der Waals surface area contributed by atoms with E-state index in [1.165, 1.54) is 33.5 Å². The molecular formula is C21H33N3O6S. The highest BCUT2D eigenvalue weighted by Gasteiger charge is 2.24. The monoisotopic (exact) mass is 455 g/mol. The van der Waals surface area contributed by atoms with E-state index in [9.17, 15) is 22.8 Å². The van der Waals surface area contributed by atoms with Gasteiger partial charge in [-0.1, -0.05) is 19.9 Å². The number of nitrogens with zero attached hydrogens (tertiary/aromatic N) is 2. The molecule has 0 fully saturated rings. The van der Waals surface area contributed by atoms with E-state index in [-0.39, 0.29) is 29.5 Å². The van der Waals surface area contributed by atoms with Crippen LogP contribution in [0.5, 0.6) is 0 Å². The molecule has 0 aliphatic heterocycles. The number of carbonyl (C=O) groups is 3. The second kappa shape index (κ2) is 11.2. The van der Waals surface area contributed by atoms with Crippen molar-refractivity contribution >= 4 is 27.8 Å². The van der Waals surface area contributed by atoms with E-state index in [0.717, 1.165) is 0 Å². The molecule has 9 nitrogen and oxygen atoms in total. The van der Waals surface area contributed by atoms with Crippen LogP contribution in [0.1, 0.15) is 51.9 Å². The van der Waals surface area contributed by atoms with Crippen molar-refractivity contribution in [1.29, 1.82) is 0 Å². The Morgan fingerprint density at radius 2 is 1.65 bits per heavy atom. The van der Waals surface area contributed by atoms with Gasteiger partial charge in [-0.3, -0.25) is 9.59 Å².